The Morgan fingerprint density at radius 2 is 2.00 bits per heavy atom. The summed E-state index contributed by atoms with van der Waals surface area (Å²) < 4.78 is 18.5. The number of urea groups is 1. The van der Waals surface area contributed by atoms with Crippen LogP contribution in [0.3, 0.4) is 0 Å². The molecule has 1 unspecified atom stereocenters. The molecule has 1 atom stereocenters. The fourth-order valence-electron chi connectivity index (χ4n) is 2.99. The van der Waals surface area contributed by atoms with Gasteiger partial charge in [-0.15, -0.1) is 0 Å². The molecule has 0 aliphatic carbocycles. The third kappa shape index (κ3) is 4.78. The number of amides is 2. The molecule has 0 bridgehead atoms. The van der Waals surface area contributed by atoms with Crippen molar-refractivity contribution in [3.8, 4) is 17.2 Å². The third-order valence-electron chi connectivity index (χ3n) is 4.46. The molecule has 0 saturated carbocycles. The lowest BCUT2D eigenvalue weighted by Crippen LogP contribution is -2.33. The van der Waals surface area contributed by atoms with Gasteiger partial charge in [-0.2, -0.15) is 5.10 Å². The van der Waals surface area contributed by atoms with Gasteiger partial charge in [-0.1, -0.05) is 24.3 Å². The largest absolute Gasteiger partial charge is 0.497 e. The van der Waals surface area contributed by atoms with E-state index in [0.717, 1.165) is 22.8 Å². The summed E-state index contributed by atoms with van der Waals surface area (Å²) in [4.78, 5) is 12.1. The van der Waals surface area contributed by atoms with Gasteiger partial charge >= 0.3 is 6.03 Å². The normalized spacial score (nSPS) is 14.9. The number of benzene rings is 2. The molecule has 8 heteroatoms. The lowest BCUT2D eigenvalue weighted by atomic mass is 10.2. The van der Waals surface area contributed by atoms with Gasteiger partial charge in [0, 0.05) is 12.7 Å². The molecule has 0 saturated heterocycles. The molecule has 0 spiro atoms. The van der Waals surface area contributed by atoms with Gasteiger partial charge in [-0.3, -0.25) is 4.68 Å². The summed E-state index contributed by atoms with van der Waals surface area (Å²) in [5.74, 6) is 2.26. The summed E-state index contributed by atoms with van der Waals surface area (Å²) in [6, 6.07) is 14.8. The van der Waals surface area contributed by atoms with Crippen molar-refractivity contribution in [1.82, 2.24) is 15.1 Å². The zero-order chi connectivity index (χ0) is 20.1. The number of nitrogens with one attached hydrogen (secondary N) is 2. The number of fused-ring (bicyclic) bond motifs is 1. The van der Waals surface area contributed by atoms with Crippen LogP contribution in [0.1, 0.15) is 5.56 Å². The number of para-hydroxylation sites is 2. The second kappa shape index (κ2) is 8.55. The van der Waals surface area contributed by atoms with Crippen LogP contribution in [0.15, 0.2) is 60.9 Å². The molecule has 29 heavy (non-hydrogen) atoms. The van der Waals surface area contributed by atoms with Crippen molar-refractivity contribution in [2.24, 2.45) is 0 Å². The molecular weight excluding hydrogens is 372 g/mol. The first-order valence-electron chi connectivity index (χ1n) is 9.28. The zero-order valence-corrected chi connectivity index (χ0v) is 16.0. The van der Waals surface area contributed by atoms with Crippen LogP contribution in [-0.4, -0.2) is 35.6 Å². The molecule has 1 aliphatic rings. The quantitative estimate of drug-likeness (QED) is 0.671. The Hall–Kier alpha value is -3.68. The van der Waals surface area contributed by atoms with Gasteiger partial charge in [-0.25, -0.2) is 4.79 Å². The highest BCUT2D eigenvalue weighted by Gasteiger charge is 2.21. The van der Waals surface area contributed by atoms with E-state index in [1.54, 1.807) is 24.2 Å². The molecule has 2 amide bonds. The molecule has 8 nitrogen and oxygen atoms in total. The van der Waals surface area contributed by atoms with E-state index in [-0.39, 0.29) is 12.1 Å². The lowest BCUT2D eigenvalue weighted by molar-refractivity contribution is 0.0759. The van der Waals surface area contributed by atoms with Gasteiger partial charge in [0.2, 0.25) is 0 Å². The minimum Gasteiger partial charge on any atom is -0.497 e. The van der Waals surface area contributed by atoms with Crippen molar-refractivity contribution in [3.63, 3.8) is 0 Å². The van der Waals surface area contributed by atoms with Crippen molar-refractivity contribution in [2.75, 3.05) is 19.0 Å². The predicted molar refractivity (Wildman–Crippen MR) is 107 cm³/mol. The van der Waals surface area contributed by atoms with Gasteiger partial charge in [0.05, 0.1) is 25.5 Å². The van der Waals surface area contributed by atoms with Crippen LogP contribution in [0, 0.1) is 0 Å². The van der Waals surface area contributed by atoms with E-state index in [2.05, 4.69) is 15.7 Å². The van der Waals surface area contributed by atoms with E-state index < -0.39 is 0 Å². The Bertz CT molecular complexity index is 971. The van der Waals surface area contributed by atoms with Gasteiger partial charge in [-0.05, 0) is 29.8 Å². The summed E-state index contributed by atoms with van der Waals surface area (Å²) in [7, 11) is 1.62. The Kier molecular flexibility index (Phi) is 5.51. The monoisotopic (exact) mass is 394 g/mol. The van der Waals surface area contributed by atoms with E-state index >= 15 is 0 Å². The third-order valence-corrected chi connectivity index (χ3v) is 4.46. The number of nitrogens with zero attached hydrogens (tertiary/aromatic N) is 2. The van der Waals surface area contributed by atoms with E-state index in [9.17, 15) is 4.79 Å². The summed E-state index contributed by atoms with van der Waals surface area (Å²) >= 11 is 0. The number of aromatic nitrogens is 2. The van der Waals surface area contributed by atoms with Gasteiger partial charge in [0.25, 0.3) is 0 Å². The van der Waals surface area contributed by atoms with Crippen LogP contribution < -0.4 is 24.8 Å². The minimum absolute atomic E-state index is 0.151. The van der Waals surface area contributed by atoms with Crippen molar-refractivity contribution in [2.45, 2.75) is 19.2 Å². The molecule has 0 radical (unpaired) electrons. The van der Waals surface area contributed by atoms with Crippen LogP contribution in [0.2, 0.25) is 0 Å². The SMILES string of the molecule is COc1ccc(CNC(=O)Nc2cnn(CC3COc4ccccc4O3)c2)cc1. The van der Waals surface area contributed by atoms with Gasteiger partial charge in [0.1, 0.15) is 12.4 Å². The molecule has 1 aliphatic heterocycles. The van der Waals surface area contributed by atoms with Crippen molar-refractivity contribution in [1.29, 1.82) is 0 Å². The average Bonchev–Trinajstić information content (AvgIpc) is 3.19. The minimum atomic E-state index is -0.299. The predicted octanol–water partition coefficient (Wildman–Crippen LogP) is 3.05. The van der Waals surface area contributed by atoms with Crippen LogP contribution in [0.25, 0.3) is 0 Å². The summed E-state index contributed by atoms with van der Waals surface area (Å²) in [5, 5.41) is 9.87. The average molecular weight is 394 g/mol. The van der Waals surface area contributed by atoms with Gasteiger partial charge in [0.15, 0.2) is 17.6 Å². The molecule has 3 aromatic rings. The number of hydrogen-bond donors (Lipinski definition) is 2. The smallest absolute Gasteiger partial charge is 0.319 e. The van der Waals surface area contributed by atoms with E-state index in [1.807, 2.05) is 48.5 Å². The Balaban J connectivity index is 1.26. The molecule has 2 N–H and O–H groups in total. The van der Waals surface area contributed by atoms with Crippen LogP contribution in [0.4, 0.5) is 10.5 Å². The van der Waals surface area contributed by atoms with Crippen LogP contribution in [0.5, 0.6) is 17.2 Å². The molecule has 2 heterocycles. The number of methoxy groups -OCH3 is 1. The fraction of sp³-hybridized carbons (Fsp3) is 0.238. The molecular formula is C21H22N4O4. The fourth-order valence-corrected chi connectivity index (χ4v) is 2.99. The van der Waals surface area contributed by atoms with Crippen molar-refractivity contribution >= 4 is 11.7 Å². The molecule has 150 valence electrons. The summed E-state index contributed by atoms with van der Waals surface area (Å²) in [6.45, 7) is 1.38. The zero-order valence-electron chi connectivity index (χ0n) is 16.0. The topological polar surface area (TPSA) is 86.6 Å². The van der Waals surface area contributed by atoms with Crippen molar-refractivity contribution in [3.05, 3.63) is 66.5 Å². The first-order valence-corrected chi connectivity index (χ1v) is 9.28. The number of ether oxygens (including phenoxy) is 3. The molecule has 4 rings (SSSR count). The Morgan fingerprint density at radius 3 is 2.79 bits per heavy atom. The van der Waals surface area contributed by atoms with E-state index in [1.165, 1.54) is 0 Å². The Labute approximate surface area is 168 Å². The Morgan fingerprint density at radius 1 is 1.21 bits per heavy atom. The highest BCUT2D eigenvalue weighted by Crippen LogP contribution is 2.31. The maximum Gasteiger partial charge on any atom is 0.319 e. The maximum absolute atomic E-state index is 12.1. The van der Waals surface area contributed by atoms with Crippen LogP contribution in [-0.2, 0) is 13.1 Å². The van der Waals surface area contributed by atoms with Crippen LogP contribution >= 0.6 is 0 Å². The number of carbonyl (C=O) groups is 1. The molecule has 0 fully saturated rings. The second-order valence-electron chi connectivity index (χ2n) is 6.60. The van der Waals surface area contributed by atoms with Gasteiger partial charge < -0.3 is 24.8 Å². The molecule has 1 aromatic heterocycles. The number of anilines is 1. The van der Waals surface area contributed by atoms with E-state index in [4.69, 9.17) is 14.2 Å². The molecule has 2 aromatic carbocycles. The van der Waals surface area contributed by atoms with E-state index in [0.29, 0.717) is 25.4 Å². The maximum atomic E-state index is 12.1. The highest BCUT2D eigenvalue weighted by atomic mass is 16.6. The second-order valence-corrected chi connectivity index (χ2v) is 6.60. The summed E-state index contributed by atoms with van der Waals surface area (Å²) in [5.41, 5.74) is 1.58. The number of rotatable bonds is 6. The van der Waals surface area contributed by atoms with Crippen molar-refractivity contribution < 1.29 is 19.0 Å². The first kappa shape index (κ1) is 18.7. The summed E-state index contributed by atoms with van der Waals surface area (Å²) in [6.07, 6.45) is 3.21. The lowest BCUT2D eigenvalue weighted by Gasteiger charge is -2.26. The number of carbonyl (C=O) groups excluding carboxylic acids is 1. The standard InChI is InChI=1S/C21H22N4O4/c1-27-17-8-6-15(7-9-17)10-22-21(26)24-16-11-23-25(12-16)13-18-14-28-19-4-2-3-5-20(19)29-18/h2-9,11-12,18H,10,13-14H2,1H3,(H2,22,24,26). The highest BCUT2D eigenvalue weighted by molar-refractivity contribution is 5.88. The number of hydrogen-bond acceptors (Lipinski definition) is 5. The first-order chi connectivity index (χ1) is 14.2.